The summed E-state index contributed by atoms with van der Waals surface area (Å²) >= 11 is 0. The number of ether oxygens (including phenoxy) is 1. The van der Waals surface area contributed by atoms with Crippen molar-refractivity contribution in [1.82, 2.24) is 14.8 Å². The molecular formula is C13H12N4O. The molecule has 2 heterocycles. The van der Waals surface area contributed by atoms with Gasteiger partial charge in [0, 0.05) is 17.3 Å². The summed E-state index contributed by atoms with van der Waals surface area (Å²) in [6.45, 7) is 0. The van der Waals surface area contributed by atoms with Gasteiger partial charge >= 0.3 is 0 Å². The van der Waals surface area contributed by atoms with Gasteiger partial charge in [0.2, 0.25) is 0 Å². The zero-order valence-corrected chi connectivity index (χ0v) is 9.87. The summed E-state index contributed by atoms with van der Waals surface area (Å²) in [6.07, 6.45) is 3.44. The summed E-state index contributed by atoms with van der Waals surface area (Å²) < 4.78 is 7.02. The second-order valence-corrected chi connectivity index (χ2v) is 3.87. The van der Waals surface area contributed by atoms with Gasteiger partial charge in [-0.05, 0) is 24.3 Å². The average Bonchev–Trinajstić information content (AvgIpc) is 2.84. The second kappa shape index (κ2) is 4.03. The van der Waals surface area contributed by atoms with E-state index < -0.39 is 0 Å². The average molecular weight is 240 g/mol. The van der Waals surface area contributed by atoms with Gasteiger partial charge in [-0.1, -0.05) is 6.07 Å². The summed E-state index contributed by atoms with van der Waals surface area (Å²) in [5.74, 6) is 1.32. The summed E-state index contributed by atoms with van der Waals surface area (Å²) in [5.41, 5.74) is 7.52. The van der Waals surface area contributed by atoms with Gasteiger partial charge in [-0.3, -0.25) is 0 Å². The van der Waals surface area contributed by atoms with Crippen molar-refractivity contribution >= 4 is 16.6 Å². The standard InChI is InChI=1S/C13H12N4O/c1-18-12-6-3-7-15-13(12)17-11-5-2-4-10(14)9(11)8-16-17/h2-8H,14H2,1H3. The van der Waals surface area contributed by atoms with Crippen molar-refractivity contribution < 1.29 is 4.74 Å². The van der Waals surface area contributed by atoms with E-state index in [2.05, 4.69) is 10.1 Å². The van der Waals surface area contributed by atoms with Crippen LogP contribution < -0.4 is 10.5 Å². The number of pyridine rings is 1. The number of methoxy groups -OCH3 is 1. The van der Waals surface area contributed by atoms with Crippen molar-refractivity contribution in [2.75, 3.05) is 12.8 Å². The van der Waals surface area contributed by atoms with E-state index in [1.807, 2.05) is 30.3 Å². The molecule has 0 atom stereocenters. The topological polar surface area (TPSA) is 66.0 Å². The summed E-state index contributed by atoms with van der Waals surface area (Å²) in [6, 6.07) is 9.37. The lowest BCUT2D eigenvalue weighted by atomic mass is 10.2. The number of rotatable bonds is 2. The van der Waals surface area contributed by atoms with E-state index in [-0.39, 0.29) is 0 Å². The molecule has 0 fully saturated rings. The molecule has 3 aromatic rings. The van der Waals surface area contributed by atoms with E-state index >= 15 is 0 Å². The van der Waals surface area contributed by atoms with Crippen LogP contribution in [0.15, 0.2) is 42.7 Å². The predicted octanol–water partition coefficient (Wildman–Crippen LogP) is 2.01. The van der Waals surface area contributed by atoms with Crippen molar-refractivity contribution in [2.45, 2.75) is 0 Å². The maximum Gasteiger partial charge on any atom is 0.196 e. The normalized spacial score (nSPS) is 10.7. The number of anilines is 1. The first-order valence-corrected chi connectivity index (χ1v) is 5.53. The Bertz CT molecular complexity index is 705. The molecule has 0 saturated carbocycles. The van der Waals surface area contributed by atoms with Crippen molar-refractivity contribution in [3.05, 3.63) is 42.7 Å². The Hall–Kier alpha value is -2.56. The third-order valence-corrected chi connectivity index (χ3v) is 2.82. The van der Waals surface area contributed by atoms with Crippen LogP contribution in [0.25, 0.3) is 16.7 Å². The molecule has 0 aliphatic carbocycles. The Morgan fingerprint density at radius 3 is 2.94 bits per heavy atom. The van der Waals surface area contributed by atoms with Crippen molar-refractivity contribution in [2.24, 2.45) is 0 Å². The molecule has 0 spiro atoms. The fraction of sp³-hybridized carbons (Fsp3) is 0.0769. The van der Waals surface area contributed by atoms with Crippen LogP contribution in [0.5, 0.6) is 5.75 Å². The molecule has 90 valence electrons. The maximum absolute atomic E-state index is 5.91. The lowest BCUT2D eigenvalue weighted by Gasteiger charge is -2.07. The van der Waals surface area contributed by atoms with E-state index in [1.54, 1.807) is 24.2 Å². The minimum Gasteiger partial charge on any atom is -0.493 e. The Morgan fingerprint density at radius 2 is 2.11 bits per heavy atom. The molecule has 0 saturated heterocycles. The number of aromatic nitrogens is 3. The number of benzene rings is 1. The van der Waals surface area contributed by atoms with Crippen LogP contribution in [0, 0.1) is 0 Å². The molecule has 0 aliphatic rings. The van der Waals surface area contributed by atoms with Gasteiger partial charge in [0.1, 0.15) is 0 Å². The second-order valence-electron chi connectivity index (χ2n) is 3.87. The molecular weight excluding hydrogens is 228 g/mol. The van der Waals surface area contributed by atoms with Crippen LogP contribution in [0.3, 0.4) is 0 Å². The molecule has 0 unspecified atom stereocenters. The highest BCUT2D eigenvalue weighted by molar-refractivity contribution is 5.91. The zero-order chi connectivity index (χ0) is 12.5. The van der Waals surface area contributed by atoms with Gasteiger partial charge in [0.25, 0.3) is 0 Å². The van der Waals surface area contributed by atoms with E-state index in [0.717, 1.165) is 10.9 Å². The summed E-state index contributed by atoms with van der Waals surface area (Å²) in [5, 5.41) is 5.24. The van der Waals surface area contributed by atoms with Crippen LogP contribution in [0.4, 0.5) is 5.69 Å². The molecule has 1 aromatic carbocycles. The van der Waals surface area contributed by atoms with Gasteiger partial charge in [0.05, 0.1) is 18.8 Å². The van der Waals surface area contributed by atoms with Gasteiger partial charge in [0.15, 0.2) is 11.6 Å². The van der Waals surface area contributed by atoms with Crippen LogP contribution in [0.1, 0.15) is 0 Å². The highest BCUT2D eigenvalue weighted by atomic mass is 16.5. The van der Waals surface area contributed by atoms with Gasteiger partial charge in [-0.15, -0.1) is 0 Å². The first-order valence-electron chi connectivity index (χ1n) is 5.53. The SMILES string of the molecule is COc1cccnc1-n1ncc2c(N)cccc21. The van der Waals surface area contributed by atoms with E-state index in [1.165, 1.54) is 0 Å². The lowest BCUT2D eigenvalue weighted by molar-refractivity contribution is 0.409. The first-order chi connectivity index (χ1) is 8.81. The maximum atomic E-state index is 5.91. The molecule has 2 N–H and O–H groups in total. The quantitative estimate of drug-likeness (QED) is 0.696. The number of nitrogens with two attached hydrogens (primary N) is 1. The van der Waals surface area contributed by atoms with Crippen LogP contribution >= 0.6 is 0 Å². The predicted molar refractivity (Wildman–Crippen MR) is 69.8 cm³/mol. The van der Waals surface area contributed by atoms with E-state index in [4.69, 9.17) is 10.5 Å². The zero-order valence-electron chi connectivity index (χ0n) is 9.87. The Morgan fingerprint density at radius 1 is 1.22 bits per heavy atom. The smallest absolute Gasteiger partial charge is 0.196 e. The van der Waals surface area contributed by atoms with E-state index in [0.29, 0.717) is 17.3 Å². The number of fused-ring (bicyclic) bond motifs is 1. The van der Waals surface area contributed by atoms with Gasteiger partial charge in [-0.2, -0.15) is 5.10 Å². The van der Waals surface area contributed by atoms with Crippen LogP contribution in [-0.4, -0.2) is 21.9 Å². The Balaban J connectivity index is 2.29. The Kier molecular flexibility index (Phi) is 2.37. The molecule has 0 aliphatic heterocycles. The van der Waals surface area contributed by atoms with Crippen LogP contribution in [-0.2, 0) is 0 Å². The minimum absolute atomic E-state index is 0.653. The minimum atomic E-state index is 0.653. The molecule has 5 nitrogen and oxygen atoms in total. The fourth-order valence-electron chi connectivity index (χ4n) is 1.94. The highest BCUT2D eigenvalue weighted by Crippen LogP contribution is 2.26. The number of nitrogens with zero attached hydrogens (tertiary/aromatic N) is 3. The van der Waals surface area contributed by atoms with Gasteiger partial charge in [-0.25, -0.2) is 9.67 Å². The molecule has 5 heteroatoms. The van der Waals surface area contributed by atoms with E-state index in [9.17, 15) is 0 Å². The van der Waals surface area contributed by atoms with Crippen molar-refractivity contribution in [3.63, 3.8) is 0 Å². The third-order valence-electron chi connectivity index (χ3n) is 2.82. The molecule has 3 rings (SSSR count). The van der Waals surface area contributed by atoms with Crippen LogP contribution in [0.2, 0.25) is 0 Å². The molecule has 0 amide bonds. The molecule has 0 bridgehead atoms. The summed E-state index contributed by atoms with van der Waals surface area (Å²) in [4.78, 5) is 4.31. The highest BCUT2D eigenvalue weighted by Gasteiger charge is 2.11. The van der Waals surface area contributed by atoms with Crippen molar-refractivity contribution in [3.8, 4) is 11.6 Å². The monoisotopic (exact) mass is 240 g/mol. The molecule has 18 heavy (non-hydrogen) atoms. The summed E-state index contributed by atoms with van der Waals surface area (Å²) in [7, 11) is 1.61. The fourth-order valence-corrected chi connectivity index (χ4v) is 1.94. The number of hydrogen-bond acceptors (Lipinski definition) is 4. The van der Waals surface area contributed by atoms with Gasteiger partial charge < -0.3 is 10.5 Å². The molecule has 2 aromatic heterocycles. The number of nitrogen functional groups attached to an aromatic ring is 1. The molecule has 0 radical (unpaired) electrons. The third kappa shape index (κ3) is 1.48. The lowest BCUT2D eigenvalue weighted by Crippen LogP contribution is -2.02. The van der Waals surface area contributed by atoms with Crippen molar-refractivity contribution in [1.29, 1.82) is 0 Å². The Labute approximate surface area is 104 Å². The largest absolute Gasteiger partial charge is 0.493 e. The first kappa shape index (κ1) is 10.6. The number of hydrogen-bond donors (Lipinski definition) is 1.